The lowest BCUT2D eigenvalue weighted by molar-refractivity contribution is -0.124. The Balaban J connectivity index is 2.10. The summed E-state index contributed by atoms with van der Waals surface area (Å²) in [5.74, 6) is -2.09. The molecule has 0 radical (unpaired) electrons. The van der Waals surface area contributed by atoms with Gasteiger partial charge in [-0.3, -0.25) is 25.2 Å². The number of anilines is 1. The van der Waals surface area contributed by atoms with Crippen LogP contribution < -0.4 is 21.9 Å². The highest BCUT2D eigenvalue weighted by Gasteiger charge is 2.38. The largest absolute Gasteiger partial charge is 0.435 e. The minimum atomic E-state index is -3.71. The van der Waals surface area contributed by atoms with Gasteiger partial charge in [-0.25, -0.2) is 13.2 Å². The van der Waals surface area contributed by atoms with Gasteiger partial charge in [0.1, 0.15) is 4.75 Å². The van der Waals surface area contributed by atoms with Crippen LogP contribution in [0.5, 0.6) is 0 Å². The highest BCUT2D eigenvalue weighted by atomic mass is 32.2. The summed E-state index contributed by atoms with van der Waals surface area (Å²) in [6.07, 6.45) is -1.25. The fourth-order valence-corrected chi connectivity index (χ4v) is 3.45. The summed E-state index contributed by atoms with van der Waals surface area (Å²) in [5.41, 5.74) is 9.56. The molecule has 158 valence electrons. The fraction of sp³-hybridized carbons (Fsp3) is 0.375. The molecular formula is C16H20N4O7S2. The number of nitrogens with one attached hydrogen (secondary N) is 3. The van der Waals surface area contributed by atoms with Crippen molar-refractivity contribution < 1.29 is 32.3 Å². The number of amides is 4. The molecule has 0 aromatic heterocycles. The Labute approximate surface area is 171 Å². The second kappa shape index (κ2) is 8.29. The standard InChI is InChI=1S/C16H20N4O7S2/c1-16(2,29(3,25)26)14(23)20-19-12(21)8-4-5-11-9(6-8)18-13(22)10(7-28-11)27-15(17)24/h4-6,10H,7H2,1-3H3,(H2,17,24)(H,18,22)(H,19,21)(H,20,23)/t10-/m0/s1. The number of fused-ring (bicyclic) bond motifs is 1. The Morgan fingerprint density at radius 2 is 1.93 bits per heavy atom. The second-order valence-electron chi connectivity index (χ2n) is 6.63. The van der Waals surface area contributed by atoms with Gasteiger partial charge in [0.15, 0.2) is 15.9 Å². The van der Waals surface area contributed by atoms with Crippen LogP contribution >= 0.6 is 11.8 Å². The van der Waals surface area contributed by atoms with Crippen LogP contribution in [0.1, 0.15) is 24.2 Å². The maximum absolute atomic E-state index is 12.3. The smallest absolute Gasteiger partial charge is 0.405 e. The number of rotatable bonds is 4. The van der Waals surface area contributed by atoms with Gasteiger partial charge in [0.2, 0.25) is 0 Å². The number of thioether (sulfide) groups is 1. The SMILES string of the molecule is CC(C)(C(=O)NNC(=O)c1ccc2c(c1)NC(=O)[C@@H](OC(N)=O)CS2)S(C)(=O)=O. The molecule has 2 rings (SSSR count). The fourth-order valence-electron chi connectivity index (χ4n) is 2.08. The highest BCUT2D eigenvalue weighted by molar-refractivity contribution is 7.99. The van der Waals surface area contributed by atoms with Crippen LogP contribution in [0, 0.1) is 0 Å². The summed E-state index contributed by atoms with van der Waals surface area (Å²) in [6, 6.07) is 4.40. The van der Waals surface area contributed by atoms with Crippen LogP contribution in [0.2, 0.25) is 0 Å². The van der Waals surface area contributed by atoms with Gasteiger partial charge in [0, 0.05) is 22.5 Å². The minimum Gasteiger partial charge on any atom is -0.435 e. The van der Waals surface area contributed by atoms with Gasteiger partial charge >= 0.3 is 6.09 Å². The Kier molecular flexibility index (Phi) is 6.43. The molecule has 13 heteroatoms. The van der Waals surface area contributed by atoms with Crippen molar-refractivity contribution in [1.82, 2.24) is 10.9 Å². The van der Waals surface area contributed by atoms with Gasteiger partial charge in [-0.2, -0.15) is 0 Å². The van der Waals surface area contributed by atoms with Crippen molar-refractivity contribution in [2.45, 2.75) is 29.6 Å². The van der Waals surface area contributed by atoms with Crippen molar-refractivity contribution in [3.63, 3.8) is 0 Å². The molecule has 0 unspecified atom stereocenters. The summed E-state index contributed by atoms with van der Waals surface area (Å²) in [4.78, 5) is 48.0. The molecule has 5 N–H and O–H groups in total. The summed E-state index contributed by atoms with van der Waals surface area (Å²) < 4.78 is 26.3. The molecule has 1 aliphatic heterocycles. The molecule has 1 aromatic carbocycles. The van der Waals surface area contributed by atoms with Crippen molar-refractivity contribution in [1.29, 1.82) is 0 Å². The zero-order valence-electron chi connectivity index (χ0n) is 15.8. The molecule has 0 saturated carbocycles. The highest BCUT2D eigenvalue weighted by Crippen LogP contribution is 2.32. The third-order valence-corrected chi connectivity index (χ3v) is 7.38. The van der Waals surface area contributed by atoms with E-state index in [0.29, 0.717) is 10.6 Å². The summed E-state index contributed by atoms with van der Waals surface area (Å²) in [5, 5.41) is 2.54. The first-order valence-corrected chi connectivity index (χ1v) is 11.0. The molecule has 1 aliphatic rings. The van der Waals surface area contributed by atoms with E-state index in [0.717, 1.165) is 6.26 Å². The summed E-state index contributed by atoms with van der Waals surface area (Å²) in [7, 11) is -3.71. The maximum atomic E-state index is 12.3. The molecule has 0 spiro atoms. The Bertz CT molecular complexity index is 975. The third-order valence-electron chi connectivity index (χ3n) is 4.20. The Hall–Kier alpha value is -2.80. The van der Waals surface area contributed by atoms with Crippen LogP contribution in [0.3, 0.4) is 0 Å². The Morgan fingerprint density at radius 3 is 2.52 bits per heavy atom. The first kappa shape index (κ1) is 22.5. The van der Waals surface area contributed by atoms with E-state index in [1.54, 1.807) is 6.07 Å². The molecule has 1 aromatic rings. The van der Waals surface area contributed by atoms with E-state index in [1.165, 1.54) is 37.7 Å². The topological polar surface area (TPSA) is 174 Å². The molecule has 1 atom stereocenters. The van der Waals surface area contributed by atoms with Gasteiger partial charge in [-0.15, -0.1) is 11.8 Å². The first-order valence-electron chi connectivity index (χ1n) is 8.17. The average Bonchev–Trinajstić information content (AvgIpc) is 2.76. The first-order chi connectivity index (χ1) is 13.3. The van der Waals surface area contributed by atoms with Crippen molar-refractivity contribution in [2.24, 2.45) is 5.73 Å². The zero-order valence-corrected chi connectivity index (χ0v) is 17.4. The number of carbonyl (C=O) groups excluding carboxylic acids is 4. The minimum absolute atomic E-state index is 0.0939. The van der Waals surface area contributed by atoms with Gasteiger partial charge in [-0.1, -0.05) is 0 Å². The number of hydrogen-bond acceptors (Lipinski definition) is 8. The molecule has 0 bridgehead atoms. The van der Waals surface area contributed by atoms with Crippen LogP contribution in [0.25, 0.3) is 0 Å². The van der Waals surface area contributed by atoms with Gasteiger partial charge < -0.3 is 15.8 Å². The number of hydrazine groups is 1. The zero-order chi connectivity index (χ0) is 22.0. The number of ether oxygens (including phenoxy) is 1. The molecule has 0 fully saturated rings. The van der Waals surface area contributed by atoms with E-state index in [-0.39, 0.29) is 11.3 Å². The molecule has 1 heterocycles. The molecular weight excluding hydrogens is 424 g/mol. The number of primary amides is 1. The van der Waals surface area contributed by atoms with Gasteiger partial charge in [0.05, 0.1) is 5.69 Å². The number of nitrogens with two attached hydrogens (primary N) is 1. The quantitative estimate of drug-likeness (QED) is 0.461. The lowest BCUT2D eigenvalue weighted by Gasteiger charge is -2.21. The lowest BCUT2D eigenvalue weighted by atomic mass is 10.2. The van der Waals surface area contributed by atoms with Crippen molar-refractivity contribution in [2.75, 3.05) is 17.3 Å². The molecule has 0 saturated heterocycles. The van der Waals surface area contributed by atoms with E-state index in [2.05, 4.69) is 16.2 Å². The molecule has 11 nitrogen and oxygen atoms in total. The maximum Gasteiger partial charge on any atom is 0.405 e. The van der Waals surface area contributed by atoms with Crippen LogP contribution in [-0.2, 0) is 24.2 Å². The number of hydrogen-bond donors (Lipinski definition) is 4. The van der Waals surface area contributed by atoms with Crippen molar-refractivity contribution in [3.8, 4) is 0 Å². The van der Waals surface area contributed by atoms with E-state index in [1.807, 2.05) is 0 Å². The third kappa shape index (κ3) is 5.17. The molecule has 4 amide bonds. The molecule has 29 heavy (non-hydrogen) atoms. The van der Waals surface area contributed by atoms with E-state index >= 15 is 0 Å². The molecule has 0 aliphatic carbocycles. The van der Waals surface area contributed by atoms with Gasteiger partial charge in [0.25, 0.3) is 17.7 Å². The summed E-state index contributed by atoms with van der Waals surface area (Å²) in [6.45, 7) is 2.42. The van der Waals surface area contributed by atoms with E-state index in [9.17, 15) is 27.6 Å². The van der Waals surface area contributed by atoms with Crippen LogP contribution in [-0.4, -0.2) is 55.1 Å². The Morgan fingerprint density at radius 1 is 1.28 bits per heavy atom. The van der Waals surface area contributed by atoms with Gasteiger partial charge in [-0.05, 0) is 32.0 Å². The number of benzene rings is 1. The van der Waals surface area contributed by atoms with Crippen LogP contribution in [0.15, 0.2) is 23.1 Å². The predicted molar refractivity (Wildman–Crippen MR) is 105 cm³/mol. The normalized spacial score (nSPS) is 16.7. The number of sulfone groups is 1. The lowest BCUT2D eigenvalue weighted by Crippen LogP contribution is -2.53. The average molecular weight is 444 g/mol. The summed E-state index contributed by atoms with van der Waals surface area (Å²) >= 11 is 1.22. The van der Waals surface area contributed by atoms with E-state index < -0.39 is 44.5 Å². The van der Waals surface area contributed by atoms with Crippen molar-refractivity contribution in [3.05, 3.63) is 23.8 Å². The monoisotopic (exact) mass is 444 g/mol. The van der Waals surface area contributed by atoms with Crippen LogP contribution in [0.4, 0.5) is 10.5 Å². The second-order valence-corrected chi connectivity index (χ2v) is 10.3. The van der Waals surface area contributed by atoms with E-state index in [4.69, 9.17) is 10.5 Å². The van der Waals surface area contributed by atoms with Crippen molar-refractivity contribution >= 4 is 51.1 Å². The predicted octanol–water partition coefficient (Wildman–Crippen LogP) is -0.221. The number of carbonyl (C=O) groups is 4.